The minimum atomic E-state index is -0.482. The quantitative estimate of drug-likeness (QED) is 0.779. The zero-order valence-electron chi connectivity index (χ0n) is 11.5. The van der Waals surface area contributed by atoms with Crippen LogP contribution >= 0.6 is 11.6 Å². The summed E-state index contributed by atoms with van der Waals surface area (Å²) >= 11 is 6.04. The molecule has 0 spiro atoms. The van der Waals surface area contributed by atoms with E-state index in [0.717, 1.165) is 5.56 Å². The van der Waals surface area contributed by atoms with Crippen LogP contribution in [0.4, 0.5) is 0 Å². The highest BCUT2D eigenvalue weighted by Gasteiger charge is 2.16. The van der Waals surface area contributed by atoms with Gasteiger partial charge in [0.15, 0.2) is 11.4 Å². The number of hydrogen-bond donors (Lipinski definition) is 2. The van der Waals surface area contributed by atoms with E-state index in [1.54, 1.807) is 24.4 Å². The molecule has 2 aromatic heterocycles. The number of pyridine rings is 2. The van der Waals surface area contributed by atoms with Crippen molar-refractivity contribution in [3.8, 4) is 5.75 Å². The van der Waals surface area contributed by atoms with Crippen LogP contribution in [-0.2, 0) is 6.54 Å². The summed E-state index contributed by atoms with van der Waals surface area (Å²) in [5.74, 6) is -0.709. The van der Waals surface area contributed by atoms with E-state index in [1.165, 1.54) is 6.20 Å². The number of aromatic hydroxyl groups is 1. The van der Waals surface area contributed by atoms with Gasteiger partial charge in [-0.05, 0) is 23.8 Å². The fourth-order valence-corrected chi connectivity index (χ4v) is 2.30. The Labute approximate surface area is 131 Å². The number of rotatable bonds is 3. The van der Waals surface area contributed by atoms with Crippen LogP contribution in [-0.4, -0.2) is 21.0 Å². The predicted octanol–water partition coefficient (Wildman–Crippen LogP) is 2.92. The Balaban J connectivity index is 1.84. The Morgan fingerprint density at radius 1 is 1.18 bits per heavy atom. The summed E-state index contributed by atoms with van der Waals surface area (Å²) in [5, 5.41) is 14.1. The summed E-state index contributed by atoms with van der Waals surface area (Å²) in [7, 11) is 0. The summed E-state index contributed by atoms with van der Waals surface area (Å²) in [6.07, 6.45) is 3.06. The summed E-state index contributed by atoms with van der Waals surface area (Å²) in [6, 6.07) is 10.7. The molecule has 0 saturated carbocycles. The summed E-state index contributed by atoms with van der Waals surface area (Å²) < 4.78 is 0. The molecule has 0 aliphatic heterocycles. The second-order valence-corrected chi connectivity index (χ2v) is 5.08. The molecule has 1 aromatic carbocycles. The van der Waals surface area contributed by atoms with Crippen molar-refractivity contribution < 1.29 is 9.90 Å². The second-order valence-electron chi connectivity index (χ2n) is 4.67. The minimum Gasteiger partial charge on any atom is -0.504 e. The molecule has 0 atom stereocenters. The minimum absolute atomic E-state index is 0.0572. The summed E-state index contributed by atoms with van der Waals surface area (Å²) in [6.45, 7) is 0.250. The fraction of sp³-hybridized carbons (Fsp3) is 0.0625. The molecule has 0 bridgehead atoms. The first-order valence-corrected chi connectivity index (χ1v) is 6.99. The van der Waals surface area contributed by atoms with Crippen LogP contribution in [0.1, 0.15) is 16.1 Å². The molecule has 2 heterocycles. The Morgan fingerprint density at radius 2 is 2.00 bits per heavy atom. The third-order valence-electron chi connectivity index (χ3n) is 3.23. The van der Waals surface area contributed by atoms with Gasteiger partial charge in [0.2, 0.25) is 0 Å². The average molecular weight is 314 g/mol. The van der Waals surface area contributed by atoms with Gasteiger partial charge in [0.25, 0.3) is 5.91 Å². The normalized spacial score (nSPS) is 10.6. The lowest BCUT2D eigenvalue weighted by atomic mass is 10.2. The van der Waals surface area contributed by atoms with Gasteiger partial charge in [0.05, 0.1) is 0 Å². The van der Waals surface area contributed by atoms with Crippen LogP contribution in [0.5, 0.6) is 5.75 Å². The number of benzene rings is 1. The molecule has 5 nitrogen and oxygen atoms in total. The molecule has 22 heavy (non-hydrogen) atoms. The van der Waals surface area contributed by atoms with Crippen LogP contribution in [0.15, 0.2) is 48.8 Å². The van der Waals surface area contributed by atoms with Crippen molar-refractivity contribution in [2.45, 2.75) is 6.54 Å². The molecule has 0 aliphatic rings. The third-order valence-corrected chi connectivity index (χ3v) is 3.60. The zero-order valence-corrected chi connectivity index (χ0v) is 12.2. The molecule has 0 aliphatic carbocycles. The first-order chi connectivity index (χ1) is 10.7. The van der Waals surface area contributed by atoms with Gasteiger partial charge in [-0.25, -0.2) is 4.98 Å². The summed E-state index contributed by atoms with van der Waals surface area (Å²) in [5.41, 5.74) is 1.08. The average Bonchev–Trinajstić information content (AvgIpc) is 2.54. The number of hydrogen-bond acceptors (Lipinski definition) is 4. The lowest BCUT2D eigenvalue weighted by Crippen LogP contribution is -2.24. The van der Waals surface area contributed by atoms with E-state index < -0.39 is 5.91 Å². The predicted molar refractivity (Wildman–Crippen MR) is 83.8 cm³/mol. The first kappa shape index (κ1) is 14.3. The van der Waals surface area contributed by atoms with E-state index in [0.29, 0.717) is 15.9 Å². The van der Waals surface area contributed by atoms with Crippen LogP contribution in [0, 0.1) is 0 Å². The molecular weight excluding hydrogens is 302 g/mol. The fourth-order valence-electron chi connectivity index (χ4n) is 2.09. The van der Waals surface area contributed by atoms with Crippen molar-refractivity contribution in [3.05, 3.63) is 65.1 Å². The van der Waals surface area contributed by atoms with E-state index in [-0.39, 0.29) is 18.0 Å². The molecule has 3 rings (SSSR count). The smallest absolute Gasteiger partial charge is 0.274 e. The van der Waals surface area contributed by atoms with E-state index in [9.17, 15) is 9.90 Å². The maximum absolute atomic E-state index is 12.2. The van der Waals surface area contributed by atoms with Crippen LogP contribution in [0.25, 0.3) is 10.9 Å². The van der Waals surface area contributed by atoms with Crippen molar-refractivity contribution in [3.63, 3.8) is 0 Å². The van der Waals surface area contributed by atoms with Crippen molar-refractivity contribution >= 4 is 28.4 Å². The molecular formula is C16H12ClN3O2. The maximum atomic E-state index is 12.2. The van der Waals surface area contributed by atoms with E-state index in [1.807, 2.05) is 18.2 Å². The van der Waals surface area contributed by atoms with E-state index >= 15 is 0 Å². The number of fused-ring (bicyclic) bond motifs is 1. The Morgan fingerprint density at radius 3 is 2.82 bits per heavy atom. The van der Waals surface area contributed by atoms with Crippen LogP contribution in [0.2, 0.25) is 5.02 Å². The van der Waals surface area contributed by atoms with Gasteiger partial charge >= 0.3 is 0 Å². The maximum Gasteiger partial charge on any atom is 0.274 e. The molecule has 110 valence electrons. The number of amides is 1. The Kier molecular flexibility index (Phi) is 3.89. The van der Waals surface area contributed by atoms with Crippen molar-refractivity contribution in [2.75, 3.05) is 0 Å². The molecule has 3 aromatic rings. The molecule has 1 amide bonds. The summed E-state index contributed by atoms with van der Waals surface area (Å²) in [4.78, 5) is 20.3. The lowest BCUT2D eigenvalue weighted by molar-refractivity contribution is 0.0943. The SMILES string of the molecule is O=C(NCc1ccccc1Cl)c1ncc2cccnc2c1O. The van der Waals surface area contributed by atoms with Gasteiger partial charge in [-0.15, -0.1) is 0 Å². The van der Waals surface area contributed by atoms with Crippen molar-refractivity contribution in [1.29, 1.82) is 0 Å². The number of nitrogens with zero attached hydrogens (tertiary/aromatic N) is 2. The van der Waals surface area contributed by atoms with Gasteiger partial charge < -0.3 is 10.4 Å². The molecule has 0 saturated heterocycles. The standard InChI is InChI=1S/C16H12ClN3O2/c17-12-6-2-1-4-10(12)8-20-16(22)14-15(21)13-11(9-19-14)5-3-7-18-13/h1-7,9,21H,8H2,(H,20,22). The van der Waals surface area contributed by atoms with Crippen molar-refractivity contribution in [2.24, 2.45) is 0 Å². The van der Waals surface area contributed by atoms with Gasteiger partial charge in [0, 0.05) is 29.3 Å². The molecule has 0 fully saturated rings. The van der Waals surface area contributed by atoms with Crippen LogP contribution < -0.4 is 5.32 Å². The van der Waals surface area contributed by atoms with Gasteiger partial charge in [-0.1, -0.05) is 29.8 Å². The highest BCUT2D eigenvalue weighted by Crippen LogP contribution is 2.24. The molecule has 2 N–H and O–H groups in total. The number of carbonyl (C=O) groups is 1. The number of nitrogens with one attached hydrogen (secondary N) is 1. The third kappa shape index (κ3) is 2.71. The lowest BCUT2D eigenvalue weighted by Gasteiger charge is -2.08. The number of halogens is 1. The van der Waals surface area contributed by atoms with Gasteiger partial charge in [0.1, 0.15) is 5.52 Å². The number of aromatic nitrogens is 2. The highest BCUT2D eigenvalue weighted by atomic mass is 35.5. The Hall–Kier alpha value is -2.66. The Bertz CT molecular complexity index is 852. The second kappa shape index (κ2) is 5.99. The monoisotopic (exact) mass is 313 g/mol. The van der Waals surface area contributed by atoms with Crippen LogP contribution in [0.3, 0.4) is 0 Å². The zero-order chi connectivity index (χ0) is 15.5. The molecule has 6 heteroatoms. The first-order valence-electron chi connectivity index (χ1n) is 6.61. The largest absolute Gasteiger partial charge is 0.504 e. The van der Waals surface area contributed by atoms with Gasteiger partial charge in [-0.2, -0.15) is 0 Å². The topological polar surface area (TPSA) is 75.1 Å². The van der Waals surface area contributed by atoms with E-state index in [2.05, 4.69) is 15.3 Å². The highest BCUT2D eigenvalue weighted by molar-refractivity contribution is 6.31. The van der Waals surface area contributed by atoms with Crippen molar-refractivity contribution in [1.82, 2.24) is 15.3 Å². The van der Waals surface area contributed by atoms with E-state index in [4.69, 9.17) is 11.6 Å². The van der Waals surface area contributed by atoms with Gasteiger partial charge in [-0.3, -0.25) is 9.78 Å². The molecule has 0 radical (unpaired) electrons. The molecule has 0 unspecified atom stereocenters. The number of carbonyl (C=O) groups excluding carboxylic acids is 1.